The van der Waals surface area contributed by atoms with Crippen molar-refractivity contribution < 1.29 is 13.2 Å². The third-order valence-electron chi connectivity index (χ3n) is 2.29. The lowest BCUT2D eigenvalue weighted by Crippen LogP contribution is -2.36. The van der Waals surface area contributed by atoms with Gasteiger partial charge in [-0.25, -0.2) is 0 Å². The molecule has 0 saturated heterocycles. The van der Waals surface area contributed by atoms with E-state index in [-0.39, 0.29) is 23.3 Å². The zero-order valence-corrected chi connectivity index (χ0v) is 10.6. The van der Waals surface area contributed by atoms with Gasteiger partial charge in [-0.15, -0.1) is 0 Å². The minimum absolute atomic E-state index is 0.0296. The molecule has 1 N–H and O–H groups in total. The van der Waals surface area contributed by atoms with Crippen molar-refractivity contribution >= 4 is 11.6 Å². The van der Waals surface area contributed by atoms with Gasteiger partial charge in [0.15, 0.2) is 0 Å². The second kappa shape index (κ2) is 5.27. The van der Waals surface area contributed by atoms with E-state index in [1.54, 1.807) is 20.8 Å². The molecule has 1 rings (SSSR count). The fourth-order valence-electron chi connectivity index (χ4n) is 1.60. The van der Waals surface area contributed by atoms with E-state index in [0.29, 0.717) is 0 Å². The summed E-state index contributed by atoms with van der Waals surface area (Å²) in [4.78, 5) is 0. The van der Waals surface area contributed by atoms with Crippen LogP contribution in [0.15, 0.2) is 6.20 Å². The lowest BCUT2D eigenvalue weighted by atomic mass is 10.2. The molecule has 0 aliphatic heterocycles. The number of rotatable bonds is 4. The lowest BCUT2D eigenvalue weighted by molar-refractivity contribution is -0.159. The molecule has 98 valence electrons. The molecule has 0 aliphatic carbocycles. The van der Waals surface area contributed by atoms with E-state index in [4.69, 9.17) is 11.6 Å². The molecule has 1 unspecified atom stereocenters. The normalized spacial score (nSPS) is 14.4. The summed E-state index contributed by atoms with van der Waals surface area (Å²) < 4.78 is 40.1. The second-order valence-electron chi connectivity index (χ2n) is 3.95. The number of halogens is 4. The van der Waals surface area contributed by atoms with Gasteiger partial charge < -0.3 is 5.32 Å². The van der Waals surface area contributed by atoms with Gasteiger partial charge >= 0.3 is 6.18 Å². The largest absolute Gasteiger partial charge is 0.409 e. The fraction of sp³-hybridized carbons (Fsp3) is 0.700. The summed E-state index contributed by atoms with van der Waals surface area (Å²) in [6.45, 7) is 5.32. The zero-order chi connectivity index (χ0) is 13.2. The average Bonchev–Trinajstić information content (AvgIpc) is 2.55. The van der Waals surface area contributed by atoms with Crippen molar-refractivity contribution in [1.29, 1.82) is 0 Å². The Kier molecular flexibility index (Phi) is 4.43. The third-order valence-corrected chi connectivity index (χ3v) is 2.58. The summed E-state index contributed by atoms with van der Waals surface area (Å²) in [6.07, 6.45) is -3.15. The molecule has 1 aromatic heterocycles. The molecule has 0 bridgehead atoms. The first kappa shape index (κ1) is 14.3. The van der Waals surface area contributed by atoms with E-state index < -0.39 is 12.2 Å². The molecule has 1 atom stereocenters. The Balaban J connectivity index is 3.22. The van der Waals surface area contributed by atoms with Gasteiger partial charge in [-0.3, -0.25) is 4.68 Å². The molecule has 1 aromatic rings. The average molecular weight is 270 g/mol. The van der Waals surface area contributed by atoms with E-state index >= 15 is 0 Å². The Morgan fingerprint density at radius 1 is 1.47 bits per heavy atom. The minimum Gasteiger partial charge on any atom is -0.301 e. The van der Waals surface area contributed by atoms with Crippen LogP contribution in [0.3, 0.4) is 0 Å². The molecule has 0 amide bonds. The molecule has 0 aromatic carbocycles. The van der Waals surface area contributed by atoms with Gasteiger partial charge in [0.05, 0.1) is 16.9 Å². The van der Waals surface area contributed by atoms with Crippen molar-refractivity contribution in [2.24, 2.45) is 0 Å². The van der Waals surface area contributed by atoms with Crippen LogP contribution in [0.25, 0.3) is 0 Å². The number of hydrogen-bond acceptors (Lipinski definition) is 2. The monoisotopic (exact) mass is 269 g/mol. The van der Waals surface area contributed by atoms with Crippen molar-refractivity contribution in [3.8, 4) is 0 Å². The van der Waals surface area contributed by atoms with Crippen LogP contribution >= 0.6 is 11.6 Å². The number of aromatic nitrogens is 2. The van der Waals surface area contributed by atoms with Crippen LogP contribution in [0.4, 0.5) is 13.2 Å². The lowest BCUT2D eigenvalue weighted by Gasteiger charge is -2.23. The molecule has 1 heterocycles. The summed E-state index contributed by atoms with van der Waals surface area (Å²) in [6, 6.07) is -1.97. The zero-order valence-electron chi connectivity index (χ0n) is 9.85. The van der Waals surface area contributed by atoms with Crippen LogP contribution in [-0.4, -0.2) is 22.5 Å². The fourth-order valence-corrected chi connectivity index (χ4v) is 1.84. The highest BCUT2D eigenvalue weighted by Crippen LogP contribution is 2.36. The molecule has 0 aliphatic rings. The maximum absolute atomic E-state index is 12.9. The maximum atomic E-state index is 12.9. The standard InChI is InChI=1S/C10H15ClF3N3/c1-4-15-9(10(12,13)14)8-7(11)5-16-17(8)6(2)3/h5-6,9,15H,4H2,1-3H3. The first-order valence-corrected chi connectivity index (χ1v) is 5.69. The van der Waals surface area contributed by atoms with E-state index in [0.717, 1.165) is 0 Å². The Morgan fingerprint density at radius 3 is 2.47 bits per heavy atom. The maximum Gasteiger partial charge on any atom is 0.409 e. The first-order chi connectivity index (χ1) is 7.79. The number of alkyl halides is 3. The Hall–Kier alpha value is -0.750. The molecular weight excluding hydrogens is 255 g/mol. The van der Waals surface area contributed by atoms with Crippen LogP contribution in [0, 0.1) is 0 Å². The van der Waals surface area contributed by atoms with Crippen LogP contribution < -0.4 is 5.32 Å². The summed E-state index contributed by atoms with van der Waals surface area (Å²) in [5.74, 6) is 0. The van der Waals surface area contributed by atoms with Crippen LogP contribution in [0.1, 0.15) is 38.5 Å². The Morgan fingerprint density at radius 2 is 2.06 bits per heavy atom. The van der Waals surface area contributed by atoms with Gasteiger partial charge in [0.2, 0.25) is 0 Å². The van der Waals surface area contributed by atoms with Gasteiger partial charge in [-0.1, -0.05) is 18.5 Å². The smallest absolute Gasteiger partial charge is 0.301 e. The van der Waals surface area contributed by atoms with E-state index in [9.17, 15) is 13.2 Å². The van der Waals surface area contributed by atoms with Crippen LogP contribution in [0.2, 0.25) is 5.02 Å². The highest BCUT2D eigenvalue weighted by atomic mass is 35.5. The molecule has 7 heteroatoms. The van der Waals surface area contributed by atoms with Crippen LogP contribution in [-0.2, 0) is 0 Å². The predicted molar refractivity (Wildman–Crippen MR) is 60.1 cm³/mol. The summed E-state index contributed by atoms with van der Waals surface area (Å²) in [7, 11) is 0. The molecule has 17 heavy (non-hydrogen) atoms. The predicted octanol–water partition coefficient (Wildman–Crippen LogP) is 3.33. The van der Waals surface area contributed by atoms with Crippen molar-refractivity contribution in [1.82, 2.24) is 15.1 Å². The van der Waals surface area contributed by atoms with Crippen molar-refractivity contribution in [2.75, 3.05) is 6.54 Å². The van der Waals surface area contributed by atoms with Gasteiger partial charge in [0.25, 0.3) is 0 Å². The second-order valence-corrected chi connectivity index (χ2v) is 4.36. The van der Waals surface area contributed by atoms with Gasteiger partial charge in [0, 0.05) is 6.04 Å². The van der Waals surface area contributed by atoms with Gasteiger partial charge in [-0.2, -0.15) is 18.3 Å². The van der Waals surface area contributed by atoms with Gasteiger partial charge in [-0.05, 0) is 20.4 Å². The Bertz CT molecular complexity index is 373. The molecule has 0 fully saturated rings. The molecule has 0 radical (unpaired) electrons. The Labute approximate surface area is 103 Å². The quantitative estimate of drug-likeness (QED) is 0.909. The summed E-state index contributed by atoms with van der Waals surface area (Å²) in [5, 5.41) is 6.30. The first-order valence-electron chi connectivity index (χ1n) is 5.32. The van der Waals surface area contributed by atoms with E-state index in [1.807, 2.05) is 0 Å². The van der Waals surface area contributed by atoms with Crippen molar-refractivity contribution in [3.63, 3.8) is 0 Å². The van der Waals surface area contributed by atoms with E-state index in [2.05, 4.69) is 10.4 Å². The number of nitrogens with zero attached hydrogens (tertiary/aromatic N) is 2. The number of nitrogens with one attached hydrogen (secondary N) is 1. The summed E-state index contributed by atoms with van der Waals surface area (Å²) in [5.41, 5.74) is -0.0315. The number of hydrogen-bond donors (Lipinski definition) is 1. The highest BCUT2D eigenvalue weighted by Gasteiger charge is 2.43. The van der Waals surface area contributed by atoms with Gasteiger partial charge in [0.1, 0.15) is 6.04 Å². The third kappa shape index (κ3) is 3.13. The molecule has 0 saturated carbocycles. The van der Waals surface area contributed by atoms with E-state index in [1.165, 1.54) is 10.9 Å². The van der Waals surface area contributed by atoms with Crippen LogP contribution in [0.5, 0.6) is 0 Å². The SMILES string of the molecule is CCNC(c1c(Cl)cnn1C(C)C)C(F)(F)F. The highest BCUT2D eigenvalue weighted by molar-refractivity contribution is 6.31. The van der Waals surface area contributed by atoms with Crippen molar-refractivity contribution in [2.45, 2.75) is 39.0 Å². The molecular formula is C10H15ClF3N3. The minimum atomic E-state index is -4.40. The summed E-state index contributed by atoms with van der Waals surface area (Å²) >= 11 is 5.80. The topological polar surface area (TPSA) is 29.9 Å². The van der Waals surface area contributed by atoms with Crippen molar-refractivity contribution in [3.05, 3.63) is 16.9 Å². The molecule has 0 spiro atoms. The molecule has 3 nitrogen and oxygen atoms in total.